The molecule has 1 aliphatic rings. The Kier molecular flexibility index (Phi) is 2.83. The number of nitrogens with zero attached hydrogens (tertiary/aromatic N) is 1. The predicted octanol–water partition coefficient (Wildman–Crippen LogP) is 0.304. The minimum atomic E-state index is -0.0255. The third-order valence-corrected chi connectivity index (χ3v) is 2.00. The van der Waals surface area contributed by atoms with Crippen molar-refractivity contribution in [1.82, 2.24) is 5.01 Å². The van der Waals surface area contributed by atoms with Gasteiger partial charge in [-0.25, -0.2) is 5.01 Å². The Morgan fingerprint density at radius 1 is 1.40 bits per heavy atom. The minimum Gasteiger partial charge on any atom is -0.302 e. The summed E-state index contributed by atoms with van der Waals surface area (Å²) >= 11 is 0. The standard InChI is InChI=1S/C7H14N2O/c8-9-5-3-1-2-4-7(9)6-10/h6-7H,1-5,8H2/t7-/m1/s1. The van der Waals surface area contributed by atoms with Gasteiger partial charge in [0.1, 0.15) is 6.29 Å². The van der Waals surface area contributed by atoms with E-state index >= 15 is 0 Å². The third-order valence-electron chi connectivity index (χ3n) is 2.00. The van der Waals surface area contributed by atoms with Crippen molar-refractivity contribution in [2.45, 2.75) is 31.7 Å². The van der Waals surface area contributed by atoms with Gasteiger partial charge in [-0.3, -0.25) is 5.84 Å². The van der Waals surface area contributed by atoms with E-state index in [1.807, 2.05) is 0 Å². The Labute approximate surface area is 61.2 Å². The Bertz CT molecular complexity index is 116. The minimum absolute atomic E-state index is 0.0255. The number of aldehydes is 1. The van der Waals surface area contributed by atoms with Crippen molar-refractivity contribution in [3.63, 3.8) is 0 Å². The molecule has 1 aliphatic heterocycles. The topological polar surface area (TPSA) is 46.3 Å². The molecule has 0 saturated carbocycles. The van der Waals surface area contributed by atoms with Gasteiger partial charge in [-0.15, -0.1) is 0 Å². The summed E-state index contributed by atoms with van der Waals surface area (Å²) in [7, 11) is 0. The normalized spacial score (nSPS) is 29.5. The van der Waals surface area contributed by atoms with E-state index in [0.29, 0.717) is 0 Å². The number of carbonyl (C=O) groups is 1. The van der Waals surface area contributed by atoms with Crippen LogP contribution >= 0.6 is 0 Å². The molecular weight excluding hydrogens is 128 g/mol. The maximum atomic E-state index is 10.4. The second-order valence-electron chi connectivity index (χ2n) is 2.79. The van der Waals surface area contributed by atoms with Gasteiger partial charge in [-0.1, -0.05) is 12.8 Å². The van der Waals surface area contributed by atoms with Crippen LogP contribution in [0.4, 0.5) is 0 Å². The predicted molar refractivity (Wildman–Crippen MR) is 39.2 cm³/mol. The summed E-state index contributed by atoms with van der Waals surface area (Å²) in [4.78, 5) is 10.4. The zero-order valence-electron chi connectivity index (χ0n) is 6.12. The molecule has 0 unspecified atom stereocenters. The molecular formula is C7H14N2O. The van der Waals surface area contributed by atoms with Crippen molar-refractivity contribution in [2.24, 2.45) is 5.84 Å². The first-order chi connectivity index (χ1) is 4.84. The molecule has 1 heterocycles. The first kappa shape index (κ1) is 7.69. The average molecular weight is 142 g/mol. The van der Waals surface area contributed by atoms with Crippen LogP contribution in [0.1, 0.15) is 25.7 Å². The smallest absolute Gasteiger partial charge is 0.138 e. The van der Waals surface area contributed by atoms with E-state index in [1.165, 1.54) is 6.42 Å². The third kappa shape index (κ3) is 1.78. The van der Waals surface area contributed by atoms with Crippen molar-refractivity contribution in [3.05, 3.63) is 0 Å². The highest BCUT2D eigenvalue weighted by Crippen LogP contribution is 2.11. The molecule has 3 heteroatoms. The lowest BCUT2D eigenvalue weighted by Crippen LogP contribution is -2.41. The summed E-state index contributed by atoms with van der Waals surface area (Å²) in [6.07, 6.45) is 5.35. The Morgan fingerprint density at radius 3 is 2.90 bits per heavy atom. The molecule has 0 radical (unpaired) electrons. The molecule has 0 bridgehead atoms. The van der Waals surface area contributed by atoms with Gasteiger partial charge in [-0.05, 0) is 12.8 Å². The number of hydrazine groups is 1. The van der Waals surface area contributed by atoms with E-state index in [9.17, 15) is 4.79 Å². The molecule has 0 aromatic rings. The monoisotopic (exact) mass is 142 g/mol. The van der Waals surface area contributed by atoms with E-state index in [2.05, 4.69) is 0 Å². The molecule has 2 N–H and O–H groups in total. The molecule has 0 spiro atoms. The van der Waals surface area contributed by atoms with Gasteiger partial charge in [0.2, 0.25) is 0 Å². The maximum Gasteiger partial charge on any atom is 0.138 e. The molecule has 1 rings (SSSR count). The van der Waals surface area contributed by atoms with Gasteiger partial charge in [0, 0.05) is 6.54 Å². The van der Waals surface area contributed by atoms with Crippen LogP contribution in [0.5, 0.6) is 0 Å². The zero-order chi connectivity index (χ0) is 7.40. The lowest BCUT2D eigenvalue weighted by Gasteiger charge is -2.18. The molecule has 1 fully saturated rings. The number of carbonyl (C=O) groups excluding carboxylic acids is 1. The van der Waals surface area contributed by atoms with Crippen molar-refractivity contribution >= 4 is 6.29 Å². The number of rotatable bonds is 1. The number of nitrogens with two attached hydrogens (primary N) is 1. The van der Waals surface area contributed by atoms with E-state index < -0.39 is 0 Å². The molecule has 3 nitrogen and oxygen atoms in total. The average Bonchev–Trinajstić information content (AvgIpc) is 2.13. The van der Waals surface area contributed by atoms with Gasteiger partial charge in [0.15, 0.2) is 0 Å². The summed E-state index contributed by atoms with van der Waals surface area (Å²) in [5.74, 6) is 5.59. The first-order valence-electron chi connectivity index (χ1n) is 3.81. The van der Waals surface area contributed by atoms with Crippen LogP contribution in [-0.2, 0) is 4.79 Å². The quantitative estimate of drug-likeness (QED) is 0.423. The Balaban J connectivity index is 2.43. The van der Waals surface area contributed by atoms with Crippen LogP contribution in [0.2, 0.25) is 0 Å². The van der Waals surface area contributed by atoms with Crippen LogP contribution in [0, 0.1) is 0 Å². The van der Waals surface area contributed by atoms with Crippen molar-refractivity contribution in [3.8, 4) is 0 Å². The molecule has 1 saturated heterocycles. The Morgan fingerprint density at radius 2 is 2.20 bits per heavy atom. The largest absolute Gasteiger partial charge is 0.302 e. The maximum absolute atomic E-state index is 10.4. The molecule has 0 amide bonds. The molecule has 10 heavy (non-hydrogen) atoms. The summed E-state index contributed by atoms with van der Waals surface area (Å²) in [5.41, 5.74) is 0. The van der Waals surface area contributed by atoms with E-state index in [4.69, 9.17) is 5.84 Å². The fraction of sp³-hybridized carbons (Fsp3) is 0.857. The molecule has 0 aromatic carbocycles. The van der Waals surface area contributed by atoms with Crippen LogP contribution in [0.3, 0.4) is 0 Å². The van der Waals surface area contributed by atoms with Crippen molar-refractivity contribution in [1.29, 1.82) is 0 Å². The number of hydrogen-bond donors (Lipinski definition) is 1. The highest BCUT2D eigenvalue weighted by atomic mass is 16.1. The van der Waals surface area contributed by atoms with Gasteiger partial charge in [0.05, 0.1) is 6.04 Å². The van der Waals surface area contributed by atoms with E-state index in [1.54, 1.807) is 5.01 Å². The van der Waals surface area contributed by atoms with Crippen LogP contribution < -0.4 is 5.84 Å². The summed E-state index contributed by atoms with van der Waals surface area (Å²) < 4.78 is 0. The first-order valence-corrected chi connectivity index (χ1v) is 3.81. The molecule has 0 aromatic heterocycles. The fourth-order valence-corrected chi connectivity index (χ4v) is 1.30. The van der Waals surface area contributed by atoms with Gasteiger partial charge < -0.3 is 4.79 Å². The lowest BCUT2D eigenvalue weighted by molar-refractivity contribution is -0.112. The second-order valence-corrected chi connectivity index (χ2v) is 2.79. The SMILES string of the molecule is NN1CCCCC[C@@H]1C=O. The van der Waals surface area contributed by atoms with E-state index in [0.717, 1.165) is 32.1 Å². The van der Waals surface area contributed by atoms with Gasteiger partial charge in [0.25, 0.3) is 0 Å². The van der Waals surface area contributed by atoms with Crippen molar-refractivity contribution in [2.75, 3.05) is 6.54 Å². The Hall–Kier alpha value is -0.410. The molecule has 58 valence electrons. The van der Waals surface area contributed by atoms with Crippen LogP contribution in [0.25, 0.3) is 0 Å². The van der Waals surface area contributed by atoms with Gasteiger partial charge >= 0.3 is 0 Å². The highest BCUT2D eigenvalue weighted by Gasteiger charge is 2.16. The van der Waals surface area contributed by atoms with Gasteiger partial charge in [-0.2, -0.15) is 0 Å². The summed E-state index contributed by atoms with van der Waals surface area (Å²) in [6.45, 7) is 0.864. The fourth-order valence-electron chi connectivity index (χ4n) is 1.30. The summed E-state index contributed by atoms with van der Waals surface area (Å²) in [6, 6.07) is -0.0255. The second kappa shape index (κ2) is 3.68. The van der Waals surface area contributed by atoms with E-state index in [-0.39, 0.29) is 6.04 Å². The van der Waals surface area contributed by atoms with Crippen LogP contribution in [0.15, 0.2) is 0 Å². The van der Waals surface area contributed by atoms with Crippen molar-refractivity contribution < 1.29 is 4.79 Å². The lowest BCUT2D eigenvalue weighted by atomic mass is 10.1. The number of hydrogen-bond acceptors (Lipinski definition) is 3. The highest BCUT2D eigenvalue weighted by molar-refractivity contribution is 5.57. The zero-order valence-corrected chi connectivity index (χ0v) is 6.12. The molecule has 0 aliphatic carbocycles. The molecule has 1 atom stereocenters. The summed E-state index contributed by atoms with van der Waals surface area (Å²) in [5, 5.41) is 1.65. The van der Waals surface area contributed by atoms with Crippen LogP contribution in [-0.4, -0.2) is 23.9 Å².